The SMILES string of the molecule is NC(=O)C(CC(=O)N1CCCCC1)NC1CCCCCC1. The smallest absolute Gasteiger partial charge is 0.235 e. The third-order valence-corrected chi connectivity index (χ3v) is 4.72. The lowest BCUT2D eigenvalue weighted by Gasteiger charge is -2.29. The summed E-state index contributed by atoms with van der Waals surface area (Å²) >= 11 is 0. The van der Waals surface area contributed by atoms with Crippen LogP contribution in [0.5, 0.6) is 0 Å². The predicted octanol–water partition coefficient (Wildman–Crippen LogP) is 1.56. The number of carbonyl (C=O) groups excluding carboxylic acids is 2. The molecule has 1 saturated carbocycles. The highest BCUT2D eigenvalue weighted by Gasteiger charge is 2.26. The molecule has 0 bridgehead atoms. The Kier molecular flexibility index (Phi) is 6.49. The number of hydrogen-bond acceptors (Lipinski definition) is 3. The number of amides is 2. The number of likely N-dealkylation sites (tertiary alicyclic amines) is 1. The van der Waals surface area contributed by atoms with Gasteiger partial charge in [0.1, 0.15) is 0 Å². The van der Waals surface area contributed by atoms with Gasteiger partial charge in [-0.3, -0.25) is 9.59 Å². The van der Waals surface area contributed by atoms with Crippen molar-refractivity contribution >= 4 is 11.8 Å². The van der Waals surface area contributed by atoms with Crippen molar-refractivity contribution < 1.29 is 9.59 Å². The van der Waals surface area contributed by atoms with Gasteiger partial charge in [-0.25, -0.2) is 0 Å². The van der Waals surface area contributed by atoms with Gasteiger partial charge in [0.15, 0.2) is 0 Å². The van der Waals surface area contributed by atoms with E-state index in [9.17, 15) is 9.59 Å². The van der Waals surface area contributed by atoms with Crippen LogP contribution in [-0.4, -0.2) is 41.9 Å². The maximum absolute atomic E-state index is 12.3. The predicted molar refractivity (Wildman–Crippen MR) is 82.7 cm³/mol. The molecule has 1 saturated heterocycles. The first-order chi connectivity index (χ1) is 10.2. The van der Waals surface area contributed by atoms with Crippen LogP contribution in [0.2, 0.25) is 0 Å². The average Bonchev–Trinajstić information content (AvgIpc) is 2.76. The van der Waals surface area contributed by atoms with Crippen molar-refractivity contribution in [1.82, 2.24) is 10.2 Å². The van der Waals surface area contributed by atoms with Crippen LogP contribution in [0.15, 0.2) is 0 Å². The first-order valence-electron chi connectivity index (χ1n) is 8.50. The molecule has 0 aromatic carbocycles. The fraction of sp³-hybridized carbons (Fsp3) is 0.875. The number of hydrogen-bond donors (Lipinski definition) is 2. The molecule has 1 unspecified atom stereocenters. The number of nitrogens with one attached hydrogen (secondary N) is 1. The largest absolute Gasteiger partial charge is 0.368 e. The molecule has 0 radical (unpaired) electrons. The van der Waals surface area contributed by atoms with E-state index in [4.69, 9.17) is 5.73 Å². The maximum atomic E-state index is 12.3. The minimum absolute atomic E-state index is 0.0691. The van der Waals surface area contributed by atoms with Gasteiger partial charge in [-0.15, -0.1) is 0 Å². The summed E-state index contributed by atoms with van der Waals surface area (Å²) in [7, 11) is 0. The second-order valence-corrected chi connectivity index (χ2v) is 6.46. The third kappa shape index (κ3) is 5.30. The molecule has 1 aliphatic heterocycles. The quantitative estimate of drug-likeness (QED) is 0.756. The summed E-state index contributed by atoms with van der Waals surface area (Å²) in [6.07, 6.45) is 10.7. The molecule has 2 amide bonds. The molecule has 3 N–H and O–H groups in total. The van der Waals surface area contributed by atoms with Gasteiger partial charge in [0.2, 0.25) is 11.8 Å². The number of nitrogens with two attached hydrogens (primary N) is 1. The summed E-state index contributed by atoms with van der Waals surface area (Å²) in [5.74, 6) is -0.329. The van der Waals surface area contributed by atoms with Gasteiger partial charge in [-0.2, -0.15) is 0 Å². The molecule has 1 heterocycles. The summed E-state index contributed by atoms with van der Waals surface area (Å²) in [5, 5.41) is 3.34. The van der Waals surface area contributed by atoms with E-state index in [1.54, 1.807) is 0 Å². The zero-order valence-corrected chi connectivity index (χ0v) is 13.0. The number of primary amides is 1. The van der Waals surface area contributed by atoms with Crippen molar-refractivity contribution in [3.8, 4) is 0 Å². The fourth-order valence-electron chi connectivity index (χ4n) is 3.42. The Morgan fingerprint density at radius 1 is 1.00 bits per heavy atom. The van der Waals surface area contributed by atoms with Crippen LogP contribution in [0, 0.1) is 0 Å². The molecule has 2 aliphatic rings. The van der Waals surface area contributed by atoms with Crippen LogP contribution < -0.4 is 11.1 Å². The molecule has 1 atom stereocenters. The van der Waals surface area contributed by atoms with Crippen LogP contribution >= 0.6 is 0 Å². The molecular weight excluding hydrogens is 266 g/mol. The van der Waals surface area contributed by atoms with Crippen molar-refractivity contribution in [3.63, 3.8) is 0 Å². The van der Waals surface area contributed by atoms with E-state index in [1.807, 2.05) is 4.90 Å². The van der Waals surface area contributed by atoms with Gasteiger partial charge < -0.3 is 16.0 Å². The Morgan fingerprint density at radius 2 is 1.57 bits per heavy atom. The van der Waals surface area contributed by atoms with Crippen LogP contribution in [0.3, 0.4) is 0 Å². The van der Waals surface area contributed by atoms with E-state index in [2.05, 4.69) is 5.32 Å². The topological polar surface area (TPSA) is 75.4 Å². The van der Waals surface area contributed by atoms with Crippen molar-refractivity contribution in [2.45, 2.75) is 76.3 Å². The number of nitrogens with zero attached hydrogens (tertiary/aromatic N) is 1. The Balaban J connectivity index is 1.85. The Labute approximate surface area is 127 Å². The zero-order chi connectivity index (χ0) is 15.1. The van der Waals surface area contributed by atoms with Gasteiger partial charge >= 0.3 is 0 Å². The van der Waals surface area contributed by atoms with Gasteiger partial charge in [0.25, 0.3) is 0 Å². The van der Waals surface area contributed by atoms with Crippen LogP contribution in [0.4, 0.5) is 0 Å². The third-order valence-electron chi connectivity index (χ3n) is 4.72. The Bertz CT molecular complexity index is 345. The Morgan fingerprint density at radius 3 is 2.14 bits per heavy atom. The van der Waals surface area contributed by atoms with E-state index < -0.39 is 11.9 Å². The maximum Gasteiger partial charge on any atom is 0.235 e. The number of carbonyl (C=O) groups is 2. The molecule has 0 aromatic rings. The molecule has 5 nitrogen and oxygen atoms in total. The lowest BCUT2D eigenvalue weighted by Crippen LogP contribution is -2.49. The second-order valence-electron chi connectivity index (χ2n) is 6.46. The molecule has 21 heavy (non-hydrogen) atoms. The van der Waals surface area contributed by atoms with E-state index in [-0.39, 0.29) is 12.3 Å². The molecule has 0 aromatic heterocycles. The highest BCUT2D eigenvalue weighted by molar-refractivity contribution is 5.87. The highest BCUT2D eigenvalue weighted by atomic mass is 16.2. The minimum Gasteiger partial charge on any atom is -0.368 e. The standard InChI is InChI=1S/C16H29N3O2/c17-16(21)14(18-13-8-4-1-2-5-9-13)12-15(20)19-10-6-3-7-11-19/h13-14,18H,1-12H2,(H2,17,21). The van der Waals surface area contributed by atoms with Gasteiger partial charge in [-0.1, -0.05) is 25.7 Å². The molecular formula is C16H29N3O2. The summed E-state index contributed by atoms with van der Waals surface area (Å²) < 4.78 is 0. The summed E-state index contributed by atoms with van der Waals surface area (Å²) in [4.78, 5) is 25.9. The molecule has 2 rings (SSSR count). The first kappa shape index (κ1) is 16.3. The van der Waals surface area contributed by atoms with Crippen molar-refractivity contribution in [3.05, 3.63) is 0 Å². The molecule has 1 aliphatic carbocycles. The monoisotopic (exact) mass is 295 g/mol. The average molecular weight is 295 g/mol. The van der Waals surface area contributed by atoms with Gasteiger partial charge in [0, 0.05) is 19.1 Å². The molecule has 2 fully saturated rings. The molecule has 0 spiro atoms. The van der Waals surface area contributed by atoms with E-state index in [0.29, 0.717) is 6.04 Å². The van der Waals surface area contributed by atoms with Crippen LogP contribution in [-0.2, 0) is 9.59 Å². The summed E-state index contributed by atoms with van der Waals surface area (Å²) in [6.45, 7) is 1.65. The molecule has 120 valence electrons. The van der Waals surface area contributed by atoms with E-state index in [0.717, 1.165) is 38.8 Å². The molecule has 5 heteroatoms. The van der Waals surface area contributed by atoms with Gasteiger partial charge in [-0.05, 0) is 32.1 Å². The van der Waals surface area contributed by atoms with Gasteiger partial charge in [0.05, 0.1) is 12.5 Å². The van der Waals surface area contributed by atoms with E-state index >= 15 is 0 Å². The lowest BCUT2D eigenvalue weighted by atomic mass is 10.0. The highest BCUT2D eigenvalue weighted by Crippen LogP contribution is 2.18. The van der Waals surface area contributed by atoms with Crippen LogP contribution in [0.1, 0.15) is 64.2 Å². The van der Waals surface area contributed by atoms with E-state index in [1.165, 1.54) is 32.1 Å². The Hall–Kier alpha value is -1.10. The van der Waals surface area contributed by atoms with Crippen LogP contribution in [0.25, 0.3) is 0 Å². The summed E-state index contributed by atoms with van der Waals surface area (Å²) in [6, 6.07) is -0.179. The van der Waals surface area contributed by atoms with Crippen molar-refractivity contribution in [2.24, 2.45) is 5.73 Å². The number of piperidine rings is 1. The lowest BCUT2D eigenvalue weighted by molar-refractivity contribution is -0.135. The normalized spacial score (nSPS) is 22.6. The van der Waals surface area contributed by atoms with Crippen molar-refractivity contribution in [1.29, 1.82) is 0 Å². The first-order valence-corrected chi connectivity index (χ1v) is 8.50. The van der Waals surface area contributed by atoms with Crippen molar-refractivity contribution in [2.75, 3.05) is 13.1 Å². The fourth-order valence-corrected chi connectivity index (χ4v) is 3.42. The zero-order valence-electron chi connectivity index (χ0n) is 13.0. The summed E-state index contributed by atoms with van der Waals surface area (Å²) in [5.41, 5.74) is 5.50. The second kappa shape index (κ2) is 8.37. The number of rotatable bonds is 5. The minimum atomic E-state index is -0.512.